The van der Waals surface area contributed by atoms with Gasteiger partial charge in [0.25, 0.3) is 0 Å². The molecule has 4 rings (SSSR count). The summed E-state index contributed by atoms with van der Waals surface area (Å²) in [5.41, 5.74) is 6.64. The Labute approximate surface area is 377 Å². The zero-order chi connectivity index (χ0) is 41.2. The van der Waals surface area contributed by atoms with Gasteiger partial charge >= 0.3 is 0 Å². The molecule has 0 saturated heterocycles. The van der Waals surface area contributed by atoms with E-state index in [1.807, 2.05) is 38.9 Å². The van der Waals surface area contributed by atoms with Crippen molar-refractivity contribution in [3.63, 3.8) is 0 Å². The van der Waals surface area contributed by atoms with Crippen molar-refractivity contribution in [3.8, 4) is 12.1 Å². The number of nitriles is 2. The molecule has 2 aromatic carbocycles. The molecule has 0 fully saturated rings. The number of rotatable bonds is 25. The Hall–Kier alpha value is -4.98. The Bertz CT molecular complexity index is 1840. The molecule has 2 N–H and O–H groups in total. The van der Waals surface area contributed by atoms with E-state index in [1.165, 1.54) is 0 Å². The summed E-state index contributed by atoms with van der Waals surface area (Å²) in [5.74, 6) is 1.78. The van der Waals surface area contributed by atoms with Crippen LogP contribution in [0.5, 0.6) is 0 Å². The van der Waals surface area contributed by atoms with Gasteiger partial charge in [-0.2, -0.15) is 10.5 Å². The number of pyridine rings is 2. The van der Waals surface area contributed by atoms with Gasteiger partial charge in [0.15, 0.2) is 24.8 Å². The van der Waals surface area contributed by atoms with Crippen LogP contribution in [0, 0.1) is 22.7 Å². The molecule has 2 amide bonds. The highest BCUT2D eigenvalue weighted by atomic mass is 35.5. The predicted octanol–water partition coefficient (Wildman–Crippen LogP) is 1.18. The maximum atomic E-state index is 12.3. The number of benzene rings is 2. The Kier molecular flexibility index (Phi) is 25.7. The minimum absolute atomic E-state index is 0. The summed E-state index contributed by atoms with van der Waals surface area (Å²) in [6.45, 7) is 4.25. The van der Waals surface area contributed by atoms with E-state index in [0.717, 1.165) is 71.1 Å². The van der Waals surface area contributed by atoms with Gasteiger partial charge in [-0.1, -0.05) is 70.2 Å². The summed E-state index contributed by atoms with van der Waals surface area (Å²) in [6.07, 6.45) is 20.1. The fourth-order valence-electron chi connectivity index (χ4n) is 5.82. The number of hydrogen-bond acceptors (Lipinski definition) is 8. The highest BCUT2D eigenvalue weighted by Gasteiger charge is 2.07. The third-order valence-electron chi connectivity index (χ3n) is 9.29. The number of anilines is 2. The Morgan fingerprint density at radius 2 is 0.917 bits per heavy atom. The highest BCUT2D eigenvalue weighted by Crippen LogP contribution is 2.20. The van der Waals surface area contributed by atoms with Crippen LogP contribution in [0.25, 0.3) is 24.3 Å². The lowest BCUT2D eigenvalue weighted by Gasteiger charge is -2.17. The summed E-state index contributed by atoms with van der Waals surface area (Å²) in [4.78, 5) is 28.8. The van der Waals surface area contributed by atoms with E-state index >= 15 is 0 Å². The monoisotopic (exact) mass is 886 g/mol. The first-order chi connectivity index (χ1) is 28.3. The SMILES string of the molecule is CN(CCC#N)c1ccc(/C=C/c2cc[n+](CCCC(=O)NCCSSCCNC(=O)CCC[n+]3ccc(/C=C/c4ccc(N(C)CCC#N)cc4)cc3)cc2)cc1.[Cl-].[Cl-]. The average Bonchev–Trinajstić information content (AvgIpc) is 3.25. The van der Waals surface area contributed by atoms with Crippen molar-refractivity contribution < 1.29 is 43.5 Å². The van der Waals surface area contributed by atoms with E-state index in [2.05, 4.69) is 139 Å². The summed E-state index contributed by atoms with van der Waals surface area (Å²) in [7, 11) is 7.41. The third-order valence-corrected chi connectivity index (χ3v) is 11.7. The van der Waals surface area contributed by atoms with E-state index in [9.17, 15) is 9.59 Å². The molecule has 4 aromatic rings. The van der Waals surface area contributed by atoms with Gasteiger partial charge < -0.3 is 45.2 Å². The fraction of sp³-hybridized carbons (Fsp3) is 0.348. The number of nitrogens with zero attached hydrogens (tertiary/aromatic N) is 6. The Balaban J connectivity index is 0.00000620. The van der Waals surface area contributed by atoms with Crippen LogP contribution in [0.4, 0.5) is 11.4 Å². The second kappa shape index (κ2) is 30.1. The number of halogens is 2. The number of hydrogen-bond donors (Lipinski definition) is 2. The van der Waals surface area contributed by atoms with Crippen LogP contribution in [0.1, 0.15) is 60.8 Å². The van der Waals surface area contributed by atoms with E-state index in [0.29, 0.717) is 51.9 Å². The van der Waals surface area contributed by atoms with Gasteiger partial charge in [0, 0.05) is 113 Å². The normalized spacial score (nSPS) is 10.6. The van der Waals surface area contributed by atoms with Gasteiger partial charge in [0.2, 0.25) is 11.8 Å². The van der Waals surface area contributed by atoms with Crippen molar-refractivity contribution in [1.29, 1.82) is 10.5 Å². The smallest absolute Gasteiger partial charge is 0.220 e. The average molecular weight is 888 g/mol. The van der Waals surface area contributed by atoms with Crippen LogP contribution in [-0.4, -0.2) is 63.6 Å². The van der Waals surface area contributed by atoms with Gasteiger partial charge in [-0.3, -0.25) is 9.59 Å². The second-order valence-electron chi connectivity index (χ2n) is 13.8. The first-order valence-electron chi connectivity index (χ1n) is 19.8. The quantitative estimate of drug-likeness (QED) is 0.0580. The van der Waals surface area contributed by atoms with E-state index in [1.54, 1.807) is 21.6 Å². The number of carbonyl (C=O) groups excluding carboxylic acids is 2. The van der Waals surface area contributed by atoms with Gasteiger partial charge in [-0.15, -0.1) is 0 Å². The molecule has 60 heavy (non-hydrogen) atoms. The first kappa shape index (κ1) is 51.2. The van der Waals surface area contributed by atoms with Crippen molar-refractivity contribution in [1.82, 2.24) is 10.6 Å². The molecule has 14 heteroatoms. The molecule has 2 aromatic heterocycles. The molecule has 0 bridgehead atoms. The van der Waals surface area contributed by atoms with Crippen molar-refractivity contribution in [2.24, 2.45) is 0 Å². The number of aromatic nitrogens is 2. The largest absolute Gasteiger partial charge is 1.00 e. The predicted molar refractivity (Wildman–Crippen MR) is 240 cm³/mol. The summed E-state index contributed by atoms with van der Waals surface area (Å²) in [5, 5.41) is 23.6. The molecule has 0 aliphatic carbocycles. The zero-order valence-electron chi connectivity index (χ0n) is 34.5. The minimum atomic E-state index is 0. The van der Waals surface area contributed by atoms with Crippen molar-refractivity contribution in [3.05, 3.63) is 120 Å². The molecular weight excluding hydrogens is 832 g/mol. The van der Waals surface area contributed by atoms with Gasteiger partial charge in [0.1, 0.15) is 13.1 Å². The maximum Gasteiger partial charge on any atom is 0.220 e. The minimum Gasteiger partial charge on any atom is -1.00 e. The molecular formula is C46H56Cl2N8O2S2. The Morgan fingerprint density at radius 3 is 1.25 bits per heavy atom. The first-order valence-corrected chi connectivity index (χ1v) is 22.3. The standard InChI is InChI=1S/C46H54N8O2S2.2ClH/c1-51(29-5-25-47)43-17-13-39(14-18-43)9-11-41-21-33-53(34-22-41)31-3-7-45(55)49-27-37-57-58-38-28-50-46(56)8-4-32-54-35-23-42(24-36-54)12-10-40-15-19-44(20-16-40)52(2)30-6-26-48;;/h9-24,33-36H,3-8,27-32,37-38H2,1-2H3;2*1H. The topological polar surface area (TPSA) is 120 Å². The maximum absolute atomic E-state index is 12.3. The van der Waals surface area contributed by atoms with E-state index in [4.69, 9.17) is 10.5 Å². The molecule has 0 aliphatic rings. The van der Waals surface area contributed by atoms with Crippen LogP contribution in [0.15, 0.2) is 97.6 Å². The molecule has 0 atom stereocenters. The van der Waals surface area contributed by atoms with Gasteiger partial charge in [-0.25, -0.2) is 9.13 Å². The molecule has 318 valence electrons. The Morgan fingerprint density at radius 1 is 0.583 bits per heavy atom. The number of aryl methyl sites for hydroxylation is 2. The van der Waals surface area contributed by atoms with Crippen LogP contribution in [0.3, 0.4) is 0 Å². The molecule has 0 radical (unpaired) electrons. The van der Waals surface area contributed by atoms with Gasteiger partial charge in [-0.05, 0) is 46.5 Å². The number of carbonyl (C=O) groups is 2. The second-order valence-corrected chi connectivity index (χ2v) is 16.5. The van der Waals surface area contributed by atoms with Crippen LogP contribution < -0.4 is 54.4 Å². The molecule has 0 spiro atoms. The highest BCUT2D eigenvalue weighted by molar-refractivity contribution is 8.76. The van der Waals surface area contributed by atoms with Gasteiger partial charge in [0.05, 0.1) is 25.0 Å². The molecule has 2 heterocycles. The van der Waals surface area contributed by atoms with E-state index in [-0.39, 0.29) is 36.6 Å². The van der Waals surface area contributed by atoms with Crippen molar-refractivity contribution in [2.45, 2.75) is 51.6 Å². The summed E-state index contributed by atoms with van der Waals surface area (Å²) >= 11 is 0. The van der Waals surface area contributed by atoms with Crippen LogP contribution in [0.2, 0.25) is 0 Å². The summed E-state index contributed by atoms with van der Waals surface area (Å²) < 4.78 is 4.20. The molecule has 0 unspecified atom stereocenters. The lowest BCUT2D eigenvalue weighted by Crippen LogP contribution is -3.00. The molecule has 0 aliphatic heterocycles. The third kappa shape index (κ3) is 20.3. The van der Waals surface area contributed by atoms with Crippen LogP contribution >= 0.6 is 21.6 Å². The number of amides is 2. The van der Waals surface area contributed by atoms with Crippen molar-refractivity contribution in [2.75, 3.05) is 61.6 Å². The fourth-order valence-corrected chi connectivity index (χ4v) is 7.63. The zero-order valence-corrected chi connectivity index (χ0v) is 37.7. The molecule has 10 nitrogen and oxygen atoms in total. The van der Waals surface area contributed by atoms with E-state index < -0.39 is 0 Å². The molecule has 0 saturated carbocycles. The summed E-state index contributed by atoms with van der Waals surface area (Å²) in [6, 6.07) is 29.3. The van der Waals surface area contributed by atoms with Crippen molar-refractivity contribution >= 4 is 69.1 Å². The van der Waals surface area contributed by atoms with Crippen LogP contribution in [-0.2, 0) is 22.7 Å². The lowest BCUT2D eigenvalue weighted by atomic mass is 10.1. The number of nitrogens with one attached hydrogen (secondary N) is 2. The lowest BCUT2D eigenvalue weighted by molar-refractivity contribution is -0.697.